The largest absolute Gasteiger partial charge is 0.465 e. The van der Waals surface area contributed by atoms with Gasteiger partial charge in [-0.25, -0.2) is 9.78 Å². The molecule has 2 aromatic rings. The molecule has 0 aliphatic heterocycles. The lowest BCUT2D eigenvalue weighted by Crippen LogP contribution is -3.09. The molecule has 142 valence electrons. The second-order valence-corrected chi connectivity index (χ2v) is 7.12. The topological polar surface area (TPSA) is 96.8 Å². The van der Waals surface area contributed by atoms with Crippen LogP contribution in [0.3, 0.4) is 0 Å². The van der Waals surface area contributed by atoms with Gasteiger partial charge in [0, 0.05) is 13.1 Å². The molecule has 2 N–H and O–H groups in total. The molecule has 0 aliphatic rings. The van der Waals surface area contributed by atoms with Gasteiger partial charge in [0.1, 0.15) is 16.3 Å². The summed E-state index contributed by atoms with van der Waals surface area (Å²) in [4.78, 5) is 47.3. The van der Waals surface area contributed by atoms with Crippen LogP contribution in [0, 0.1) is 6.92 Å². The molecule has 0 saturated carbocycles. The summed E-state index contributed by atoms with van der Waals surface area (Å²) in [6.07, 6.45) is 0. The number of quaternary nitrogens is 1. The number of likely N-dealkylation sites (N-methyl/N-ethyl adjacent to an activating group) is 2. The van der Waals surface area contributed by atoms with Crippen molar-refractivity contribution >= 4 is 33.4 Å². The number of nitrogens with zero attached hydrogens (tertiary/aromatic N) is 2. The van der Waals surface area contributed by atoms with Gasteiger partial charge < -0.3 is 19.5 Å². The van der Waals surface area contributed by atoms with Gasteiger partial charge in [-0.1, -0.05) is 0 Å². The van der Waals surface area contributed by atoms with Crippen molar-refractivity contribution in [3.05, 3.63) is 26.6 Å². The molecule has 0 fully saturated rings. The summed E-state index contributed by atoms with van der Waals surface area (Å²) >= 11 is 1.15. The van der Waals surface area contributed by atoms with E-state index in [0.717, 1.165) is 16.2 Å². The van der Waals surface area contributed by atoms with Crippen LogP contribution in [0.4, 0.5) is 0 Å². The molecule has 26 heavy (non-hydrogen) atoms. The van der Waals surface area contributed by atoms with Gasteiger partial charge in [-0.2, -0.15) is 0 Å². The van der Waals surface area contributed by atoms with E-state index in [9.17, 15) is 14.4 Å². The van der Waals surface area contributed by atoms with Crippen LogP contribution in [-0.2, 0) is 16.1 Å². The van der Waals surface area contributed by atoms with Crippen molar-refractivity contribution in [3.8, 4) is 0 Å². The third kappa shape index (κ3) is 4.10. The zero-order valence-corrected chi connectivity index (χ0v) is 16.6. The molecule has 0 bridgehead atoms. The quantitative estimate of drug-likeness (QED) is 0.656. The highest BCUT2D eigenvalue weighted by atomic mass is 32.1. The maximum absolute atomic E-state index is 12.4. The van der Waals surface area contributed by atoms with Gasteiger partial charge >= 0.3 is 5.97 Å². The number of ether oxygens (including phenoxy) is 1. The zero-order chi connectivity index (χ0) is 19.4. The maximum Gasteiger partial charge on any atom is 0.348 e. The fourth-order valence-corrected chi connectivity index (χ4v) is 3.97. The minimum Gasteiger partial charge on any atom is -0.465 e. The molecule has 8 nitrogen and oxygen atoms in total. The first-order valence-electron chi connectivity index (χ1n) is 8.51. The van der Waals surface area contributed by atoms with Crippen molar-refractivity contribution in [1.82, 2.24) is 14.9 Å². The summed E-state index contributed by atoms with van der Waals surface area (Å²) in [5.41, 5.74) is 0.298. The molecule has 2 heterocycles. The number of methoxy groups -OCH3 is 1. The Morgan fingerprint density at radius 1 is 1.31 bits per heavy atom. The Labute approximate surface area is 155 Å². The Morgan fingerprint density at radius 2 is 1.96 bits per heavy atom. The van der Waals surface area contributed by atoms with Crippen LogP contribution >= 0.6 is 11.3 Å². The summed E-state index contributed by atoms with van der Waals surface area (Å²) in [6, 6.07) is 0. The summed E-state index contributed by atoms with van der Waals surface area (Å²) in [5, 5.41) is 0.413. The summed E-state index contributed by atoms with van der Waals surface area (Å²) in [6.45, 7) is 7.68. The van der Waals surface area contributed by atoms with Crippen LogP contribution in [0.15, 0.2) is 4.79 Å². The summed E-state index contributed by atoms with van der Waals surface area (Å²) in [7, 11) is 3.19. The Bertz CT molecular complexity index is 870. The number of aromatic amines is 1. The first kappa shape index (κ1) is 20.1. The molecule has 0 aliphatic carbocycles. The van der Waals surface area contributed by atoms with Crippen molar-refractivity contribution < 1.29 is 19.2 Å². The first-order chi connectivity index (χ1) is 12.3. The lowest BCUT2D eigenvalue weighted by Gasteiger charge is -2.20. The number of esters is 1. The maximum atomic E-state index is 12.4. The number of H-pyrrole nitrogens is 1. The smallest absolute Gasteiger partial charge is 0.348 e. The van der Waals surface area contributed by atoms with Crippen LogP contribution in [0.25, 0.3) is 10.2 Å². The second-order valence-electron chi connectivity index (χ2n) is 6.12. The normalized spacial score (nSPS) is 12.2. The molecule has 0 aromatic carbocycles. The minimum atomic E-state index is -0.473. The third-order valence-electron chi connectivity index (χ3n) is 4.26. The minimum absolute atomic E-state index is 0.0656. The molecule has 0 radical (unpaired) electrons. The lowest BCUT2D eigenvalue weighted by atomic mass is 10.2. The van der Waals surface area contributed by atoms with Gasteiger partial charge in [0.15, 0.2) is 12.4 Å². The fourth-order valence-electron chi connectivity index (χ4n) is 2.85. The highest BCUT2D eigenvalue weighted by Gasteiger charge is 2.21. The van der Waals surface area contributed by atoms with E-state index in [1.807, 2.05) is 20.9 Å². The van der Waals surface area contributed by atoms with Gasteiger partial charge in [-0.3, -0.25) is 9.59 Å². The molecule has 1 atom stereocenters. The number of thiophene rings is 1. The Morgan fingerprint density at radius 3 is 2.54 bits per heavy atom. The van der Waals surface area contributed by atoms with E-state index in [1.54, 1.807) is 11.8 Å². The molecular weight excluding hydrogens is 356 g/mol. The number of aromatic nitrogens is 2. The number of rotatable bonds is 7. The van der Waals surface area contributed by atoms with Gasteiger partial charge in [0.25, 0.3) is 11.5 Å². The molecule has 1 amide bonds. The highest BCUT2D eigenvalue weighted by Crippen LogP contribution is 2.27. The van der Waals surface area contributed by atoms with E-state index in [0.29, 0.717) is 52.7 Å². The Balaban J connectivity index is 2.24. The van der Waals surface area contributed by atoms with E-state index in [1.165, 1.54) is 7.11 Å². The third-order valence-corrected chi connectivity index (χ3v) is 5.42. The number of nitrogens with one attached hydrogen (secondary N) is 2. The molecule has 0 spiro atoms. The van der Waals surface area contributed by atoms with Gasteiger partial charge in [-0.15, -0.1) is 11.3 Å². The molecule has 2 aromatic heterocycles. The van der Waals surface area contributed by atoms with Crippen molar-refractivity contribution in [2.75, 3.05) is 33.8 Å². The van der Waals surface area contributed by atoms with E-state index in [4.69, 9.17) is 4.74 Å². The van der Waals surface area contributed by atoms with Crippen LogP contribution < -0.4 is 10.5 Å². The monoisotopic (exact) mass is 381 g/mol. The number of carbonyl (C=O) groups excluding carboxylic acids is 2. The van der Waals surface area contributed by atoms with Crippen molar-refractivity contribution in [3.63, 3.8) is 0 Å². The van der Waals surface area contributed by atoms with E-state index < -0.39 is 5.97 Å². The number of aryl methyl sites for hydroxylation is 1. The molecule has 0 saturated heterocycles. The second kappa shape index (κ2) is 8.41. The summed E-state index contributed by atoms with van der Waals surface area (Å²) in [5.74, 6) is 0.0832. The SMILES string of the molecule is CCN(CC)C(=O)C[NH+](C)Cc1nc2sc(C(=O)OC)c(C)c2c(=O)[nH]1. The van der Waals surface area contributed by atoms with Gasteiger partial charge in [0.2, 0.25) is 0 Å². The van der Waals surface area contributed by atoms with Gasteiger partial charge in [-0.05, 0) is 26.3 Å². The van der Waals surface area contributed by atoms with Gasteiger partial charge in [0.05, 0.1) is 19.5 Å². The van der Waals surface area contributed by atoms with Crippen LogP contribution in [0.2, 0.25) is 0 Å². The number of carbonyl (C=O) groups is 2. The number of hydrogen-bond acceptors (Lipinski definition) is 6. The van der Waals surface area contributed by atoms with E-state index in [-0.39, 0.29) is 11.5 Å². The van der Waals surface area contributed by atoms with Crippen LogP contribution in [-0.4, -0.2) is 60.5 Å². The highest BCUT2D eigenvalue weighted by molar-refractivity contribution is 7.20. The van der Waals surface area contributed by atoms with Crippen LogP contribution in [0.1, 0.15) is 34.9 Å². The molecule has 1 unspecified atom stereocenters. The zero-order valence-electron chi connectivity index (χ0n) is 15.8. The molecule has 2 rings (SSSR count). The standard InChI is InChI=1S/C17H24N4O4S/c1-6-21(7-2)12(22)9-20(4)8-11-18-15(23)13-10(3)14(17(24)25-5)26-16(13)19-11/h6-9H2,1-5H3,(H,18,19,23)/p+1. The van der Waals surface area contributed by atoms with E-state index >= 15 is 0 Å². The van der Waals surface area contributed by atoms with E-state index in [2.05, 4.69) is 9.97 Å². The van der Waals surface area contributed by atoms with Crippen LogP contribution in [0.5, 0.6) is 0 Å². The predicted molar refractivity (Wildman–Crippen MR) is 99.7 cm³/mol. The van der Waals surface area contributed by atoms with Crippen molar-refractivity contribution in [2.45, 2.75) is 27.3 Å². The predicted octanol–water partition coefficient (Wildman–Crippen LogP) is -0.0373. The van der Waals surface area contributed by atoms with Crippen molar-refractivity contribution in [2.24, 2.45) is 0 Å². The number of fused-ring (bicyclic) bond motifs is 1. The number of amides is 1. The average molecular weight is 381 g/mol. The molecular formula is C17H25N4O4S+. The van der Waals surface area contributed by atoms with Crippen molar-refractivity contribution in [1.29, 1.82) is 0 Å². The average Bonchev–Trinajstić information content (AvgIpc) is 2.92. The Hall–Kier alpha value is -2.26. The summed E-state index contributed by atoms with van der Waals surface area (Å²) < 4.78 is 4.75. The first-order valence-corrected chi connectivity index (χ1v) is 9.33. The number of hydrogen-bond donors (Lipinski definition) is 2. The Kier molecular flexibility index (Phi) is 6.49. The lowest BCUT2D eigenvalue weighted by molar-refractivity contribution is -0.886. The fraction of sp³-hybridized carbons (Fsp3) is 0.529. The molecule has 9 heteroatoms.